The number of fused-ring (bicyclic) bond motifs is 5. The Hall–Kier alpha value is -0.200. The summed E-state index contributed by atoms with van der Waals surface area (Å²) in [7, 11) is 0. The van der Waals surface area contributed by atoms with Gasteiger partial charge in [-0.1, -0.05) is 53.9 Å². The Labute approximate surface area is 241 Å². The third-order valence-electron chi connectivity index (χ3n) is 12.8. The molecular formula is C34H65N3O2. The number of hydrogen-bond donors (Lipinski definition) is 5. The minimum Gasteiger partial charge on any atom is -0.393 e. The molecule has 0 aromatic carbocycles. The van der Waals surface area contributed by atoms with Crippen LogP contribution in [0.5, 0.6) is 0 Å². The molecule has 0 bridgehead atoms. The van der Waals surface area contributed by atoms with Crippen LogP contribution in [-0.2, 0) is 0 Å². The van der Waals surface area contributed by atoms with Crippen LogP contribution in [-0.4, -0.2) is 54.1 Å². The van der Waals surface area contributed by atoms with E-state index < -0.39 is 5.60 Å². The second-order valence-corrected chi connectivity index (χ2v) is 15.5. The van der Waals surface area contributed by atoms with Gasteiger partial charge < -0.3 is 26.6 Å². The molecule has 0 saturated heterocycles. The molecule has 0 heterocycles. The van der Waals surface area contributed by atoms with Crippen LogP contribution in [0.15, 0.2) is 0 Å². The number of aliphatic hydroxyl groups is 2. The summed E-state index contributed by atoms with van der Waals surface area (Å²) < 4.78 is 0. The Balaban J connectivity index is 1.45. The first-order chi connectivity index (χ1) is 18.6. The summed E-state index contributed by atoms with van der Waals surface area (Å²) in [5, 5.41) is 30.6. The lowest BCUT2D eigenvalue weighted by Crippen LogP contribution is -2.71. The van der Waals surface area contributed by atoms with Gasteiger partial charge in [-0.25, -0.2) is 0 Å². The average molecular weight is 548 g/mol. The van der Waals surface area contributed by atoms with Gasteiger partial charge in [-0.3, -0.25) is 0 Å². The fraction of sp³-hybridized carbons (Fsp3) is 1.00. The van der Waals surface area contributed by atoms with Crippen molar-refractivity contribution in [1.29, 1.82) is 0 Å². The summed E-state index contributed by atoms with van der Waals surface area (Å²) >= 11 is 0. The van der Waals surface area contributed by atoms with Gasteiger partial charge in [0.05, 0.1) is 11.7 Å². The quantitative estimate of drug-likeness (QED) is 0.176. The van der Waals surface area contributed by atoms with Crippen molar-refractivity contribution in [3.05, 3.63) is 0 Å². The van der Waals surface area contributed by atoms with Crippen LogP contribution in [0.2, 0.25) is 0 Å². The van der Waals surface area contributed by atoms with E-state index >= 15 is 0 Å². The van der Waals surface area contributed by atoms with Crippen molar-refractivity contribution < 1.29 is 10.2 Å². The standard InChI is InChI=1S/C34H65N3O2/c1-24(2)10-8-11-25(3)28-12-13-29-27-22-31(37-21-9-20-36-19-7-6-18-35)34(39)23-26(38)14-17-33(34,5)30(27)15-16-32(28,29)4/h24-31,36-39H,6-23,35H2,1-5H3/t25?,26-,27?,28?,29?,30?,31+,32?,33?,34-/m0/s1. The van der Waals surface area contributed by atoms with Crippen molar-refractivity contribution in [2.45, 2.75) is 142 Å². The van der Waals surface area contributed by atoms with E-state index in [1.165, 1.54) is 44.9 Å². The number of aliphatic hydroxyl groups excluding tert-OH is 1. The summed E-state index contributed by atoms with van der Waals surface area (Å²) in [4.78, 5) is 0. The van der Waals surface area contributed by atoms with Crippen LogP contribution in [0, 0.1) is 46.3 Å². The van der Waals surface area contributed by atoms with Gasteiger partial charge in [-0.2, -0.15) is 0 Å². The summed E-state index contributed by atoms with van der Waals surface area (Å²) in [6.07, 6.45) is 15.9. The summed E-state index contributed by atoms with van der Waals surface area (Å²) in [5.74, 6) is 4.56. The van der Waals surface area contributed by atoms with Crippen molar-refractivity contribution in [2.24, 2.45) is 52.1 Å². The van der Waals surface area contributed by atoms with E-state index in [0.29, 0.717) is 23.7 Å². The first kappa shape index (κ1) is 31.7. The fourth-order valence-electron chi connectivity index (χ4n) is 10.6. The van der Waals surface area contributed by atoms with Crippen molar-refractivity contribution >= 4 is 0 Å². The van der Waals surface area contributed by atoms with E-state index in [1.54, 1.807) is 0 Å². The Morgan fingerprint density at radius 2 is 1.64 bits per heavy atom. The Bertz CT molecular complexity index is 763. The number of nitrogens with one attached hydrogen (secondary N) is 2. The van der Waals surface area contributed by atoms with Crippen LogP contribution in [0.1, 0.15) is 125 Å². The van der Waals surface area contributed by atoms with E-state index in [-0.39, 0.29) is 17.6 Å². The molecule has 0 aromatic heterocycles. The molecule has 0 aliphatic heterocycles. The van der Waals surface area contributed by atoms with Crippen molar-refractivity contribution in [3.63, 3.8) is 0 Å². The lowest BCUT2D eigenvalue weighted by atomic mass is 9.42. The molecule has 4 saturated carbocycles. The molecule has 228 valence electrons. The smallest absolute Gasteiger partial charge is 0.0880 e. The molecule has 5 heteroatoms. The van der Waals surface area contributed by atoms with Crippen molar-refractivity contribution in [2.75, 3.05) is 26.2 Å². The Morgan fingerprint density at radius 3 is 2.38 bits per heavy atom. The number of hydrogen-bond acceptors (Lipinski definition) is 5. The molecule has 4 rings (SSSR count). The summed E-state index contributed by atoms with van der Waals surface area (Å²) in [6, 6.07) is 0.0841. The molecule has 4 aliphatic carbocycles. The Morgan fingerprint density at radius 1 is 0.872 bits per heavy atom. The molecule has 7 unspecified atom stereocenters. The predicted octanol–water partition coefficient (Wildman–Crippen LogP) is 5.87. The van der Waals surface area contributed by atoms with Gasteiger partial charge in [-0.05, 0) is 131 Å². The molecule has 0 spiro atoms. The third-order valence-corrected chi connectivity index (χ3v) is 12.8. The molecular weight excluding hydrogens is 482 g/mol. The van der Waals surface area contributed by atoms with E-state index in [2.05, 4.69) is 45.3 Å². The first-order valence-corrected chi connectivity index (χ1v) is 17.1. The molecule has 5 nitrogen and oxygen atoms in total. The van der Waals surface area contributed by atoms with E-state index in [4.69, 9.17) is 5.73 Å². The minimum atomic E-state index is -0.809. The predicted molar refractivity (Wildman–Crippen MR) is 163 cm³/mol. The van der Waals surface area contributed by atoms with E-state index in [9.17, 15) is 10.2 Å². The highest BCUT2D eigenvalue weighted by atomic mass is 16.3. The van der Waals surface area contributed by atoms with Crippen LogP contribution in [0.4, 0.5) is 0 Å². The number of rotatable bonds is 14. The average Bonchev–Trinajstić information content (AvgIpc) is 3.24. The molecule has 4 fully saturated rings. The third kappa shape index (κ3) is 6.43. The van der Waals surface area contributed by atoms with Gasteiger partial charge in [0.1, 0.15) is 0 Å². The largest absolute Gasteiger partial charge is 0.393 e. The van der Waals surface area contributed by atoms with Crippen LogP contribution in [0.3, 0.4) is 0 Å². The van der Waals surface area contributed by atoms with E-state index in [0.717, 1.165) is 88.4 Å². The zero-order valence-electron chi connectivity index (χ0n) is 26.3. The molecule has 10 atom stereocenters. The highest BCUT2D eigenvalue weighted by Crippen LogP contribution is 2.69. The maximum absolute atomic E-state index is 12.5. The lowest BCUT2D eigenvalue weighted by molar-refractivity contribution is -0.234. The van der Waals surface area contributed by atoms with Crippen LogP contribution >= 0.6 is 0 Å². The zero-order valence-corrected chi connectivity index (χ0v) is 26.3. The normalized spacial score (nSPS) is 42.7. The van der Waals surface area contributed by atoms with Crippen LogP contribution in [0.25, 0.3) is 0 Å². The van der Waals surface area contributed by atoms with Gasteiger partial charge in [0, 0.05) is 17.9 Å². The lowest BCUT2D eigenvalue weighted by Gasteiger charge is -2.66. The monoisotopic (exact) mass is 548 g/mol. The van der Waals surface area contributed by atoms with Crippen molar-refractivity contribution in [3.8, 4) is 0 Å². The van der Waals surface area contributed by atoms with Gasteiger partial charge >= 0.3 is 0 Å². The maximum Gasteiger partial charge on any atom is 0.0880 e. The Kier molecular flexibility index (Phi) is 10.9. The molecule has 4 aliphatic rings. The van der Waals surface area contributed by atoms with Gasteiger partial charge in [0.15, 0.2) is 0 Å². The highest BCUT2D eigenvalue weighted by molar-refractivity contribution is 5.18. The topological polar surface area (TPSA) is 90.5 Å². The second kappa shape index (κ2) is 13.4. The SMILES string of the molecule is CC(C)CCCC(C)C1CCC2C3C[C@@H](NCCCNCCCCN)[C@@]4(O)C[C@@H](O)CCC4(C)C3CCC12C. The summed E-state index contributed by atoms with van der Waals surface area (Å²) in [5.41, 5.74) is 5.16. The first-order valence-electron chi connectivity index (χ1n) is 17.1. The molecule has 0 amide bonds. The summed E-state index contributed by atoms with van der Waals surface area (Å²) in [6.45, 7) is 16.1. The number of nitrogens with two attached hydrogens (primary N) is 1. The molecule has 6 N–H and O–H groups in total. The van der Waals surface area contributed by atoms with Crippen molar-refractivity contribution in [1.82, 2.24) is 10.6 Å². The number of unbranched alkanes of at least 4 members (excludes halogenated alkanes) is 1. The molecule has 0 radical (unpaired) electrons. The van der Waals surface area contributed by atoms with Gasteiger partial charge in [0.25, 0.3) is 0 Å². The minimum absolute atomic E-state index is 0.0841. The van der Waals surface area contributed by atoms with Gasteiger partial charge in [0.2, 0.25) is 0 Å². The fourth-order valence-corrected chi connectivity index (χ4v) is 10.6. The molecule has 0 aromatic rings. The van der Waals surface area contributed by atoms with Gasteiger partial charge in [-0.15, -0.1) is 0 Å². The van der Waals surface area contributed by atoms with Crippen LogP contribution < -0.4 is 16.4 Å². The molecule has 39 heavy (non-hydrogen) atoms. The zero-order chi connectivity index (χ0) is 28.3. The second-order valence-electron chi connectivity index (χ2n) is 15.5. The van der Waals surface area contributed by atoms with E-state index in [1.807, 2.05) is 0 Å². The maximum atomic E-state index is 12.5. The highest BCUT2D eigenvalue weighted by Gasteiger charge is 2.67.